The Bertz CT molecular complexity index is 421. The van der Waals surface area contributed by atoms with Gasteiger partial charge in [-0.15, -0.1) is 0 Å². The summed E-state index contributed by atoms with van der Waals surface area (Å²) in [7, 11) is 0. The van der Waals surface area contributed by atoms with Crippen molar-refractivity contribution in [1.82, 2.24) is 10.5 Å². The number of anilines is 1. The standard InChI is InChI=1S/C11H15N3O3/c1-11(2)9(12-16)13(10(15)14(11)17)8-6-4-3-5-7-8/h3-7,9,12,16-17H,1-2H3. The molecule has 2 rings (SSSR count). The van der Waals surface area contributed by atoms with E-state index in [4.69, 9.17) is 0 Å². The highest BCUT2D eigenvalue weighted by atomic mass is 16.5. The molecule has 0 saturated carbocycles. The maximum absolute atomic E-state index is 11.9. The van der Waals surface area contributed by atoms with E-state index in [1.807, 2.05) is 6.07 Å². The minimum absolute atomic E-state index is 0.576. The second-order valence-electron chi connectivity index (χ2n) is 4.49. The van der Waals surface area contributed by atoms with Crippen molar-refractivity contribution in [3.63, 3.8) is 0 Å². The number of para-hydroxylation sites is 1. The molecule has 1 aliphatic heterocycles. The molecular weight excluding hydrogens is 222 g/mol. The average Bonchev–Trinajstić information content (AvgIpc) is 2.50. The lowest BCUT2D eigenvalue weighted by Crippen LogP contribution is -2.53. The summed E-state index contributed by atoms with van der Waals surface area (Å²) in [6.45, 7) is 3.31. The molecule has 2 amide bonds. The van der Waals surface area contributed by atoms with E-state index in [1.165, 1.54) is 4.90 Å². The number of nitrogens with one attached hydrogen (secondary N) is 1. The fraction of sp³-hybridized carbons (Fsp3) is 0.364. The molecule has 1 aromatic carbocycles. The van der Waals surface area contributed by atoms with Crippen molar-refractivity contribution < 1.29 is 15.2 Å². The van der Waals surface area contributed by atoms with Crippen molar-refractivity contribution in [2.45, 2.75) is 25.6 Å². The monoisotopic (exact) mass is 237 g/mol. The predicted octanol–water partition coefficient (Wildman–Crippen LogP) is 1.40. The van der Waals surface area contributed by atoms with Gasteiger partial charge < -0.3 is 5.21 Å². The van der Waals surface area contributed by atoms with E-state index in [9.17, 15) is 15.2 Å². The van der Waals surface area contributed by atoms with Gasteiger partial charge in [0.15, 0.2) is 0 Å². The Labute approximate surface area is 99.0 Å². The number of benzene rings is 1. The molecule has 6 heteroatoms. The average molecular weight is 237 g/mol. The number of rotatable bonds is 2. The van der Waals surface area contributed by atoms with E-state index >= 15 is 0 Å². The summed E-state index contributed by atoms with van der Waals surface area (Å²) in [4.78, 5) is 13.2. The van der Waals surface area contributed by atoms with Crippen LogP contribution in [0, 0.1) is 0 Å². The lowest BCUT2D eigenvalue weighted by molar-refractivity contribution is -0.110. The van der Waals surface area contributed by atoms with Crippen LogP contribution >= 0.6 is 0 Å². The number of hydrogen-bond donors (Lipinski definition) is 3. The lowest BCUT2D eigenvalue weighted by Gasteiger charge is -2.30. The maximum Gasteiger partial charge on any atom is 0.350 e. The van der Waals surface area contributed by atoms with Gasteiger partial charge in [0.1, 0.15) is 11.7 Å². The van der Waals surface area contributed by atoms with Crippen molar-refractivity contribution >= 4 is 11.7 Å². The van der Waals surface area contributed by atoms with Gasteiger partial charge in [0, 0.05) is 5.69 Å². The Morgan fingerprint density at radius 1 is 1.29 bits per heavy atom. The van der Waals surface area contributed by atoms with Crippen LogP contribution in [0.15, 0.2) is 30.3 Å². The van der Waals surface area contributed by atoms with Crippen molar-refractivity contribution in [2.75, 3.05) is 4.90 Å². The normalized spacial score (nSPS) is 23.3. The zero-order valence-corrected chi connectivity index (χ0v) is 9.66. The zero-order valence-electron chi connectivity index (χ0n) is 9.66. The van der Waals surface area contributed by atoms with E-state index in [0.717, 1.165) is 0 Å². The molecule has 1 saturated heterocycles. The summed E-state index contributed by atoms with van der Waals surface area (Å²) in [5.74, 6) is 0. The van der Waals surface area contributed by atoms with Gasteiger partial charge in [0.25, 0.3) is 0 Å². The van der Waals surface area contributed by atoms with Crippen LogP contribution in [0.5, 0.6) is 0 Å². The molecule has 1 aliphatic rings. The number of hydrogen-bond acceptors (Lipinski definition) is 4. The summed E-state index contributed by atoms with van der Waals surface area (Å²) in [6.07, 6.45) is -0.720. The third-order valence-corrected chi connectivity index (χ3v) is 3.02. The molecule has 1 atom stereocenters. The topological polar surface area (TPSA) is 76.0 Å². The fourth-order valence-corrected chi connectivity index (χ4v) is 1.95. The van der Waals surface area contributed by atoms with Crippen LogP contribution < -0.4 is 10.4 Å². The molecule has 1 fully saturated rings. The first kappa shape index (κ1) is 11.8. The Morgan fingerprint density at radius 2 is 1.88 bits per heavy atom. The smallest absolute Gasteiger partial charge is 0.315 e. The number of amides is 2. The van der Waals surface area contributed by atoms with Gasteiger partial charge in [-0.1, -0.05) is 18.2 Å². The number of carbonyl (C=O) groups is 1. The van der Waals surface area contributed by atoms with Crippen molar-refractivity contribution in [3.05, 3.63) is 30.3 Å². The Kier molecular flexibility index (Phi) is 2.78. The van der Waals surface area contributed by atoms with Crippen LogP contribution in [-0.4, -0.2) is 33.2 Å². The zero-order chi connectivity index (χ0) is 12.6. The van der Waals surface area contributed by atoms with Crippen LogP contribution in [0.1, 0.15) is 13.8 Å². The van der Waals surface area contributed by atoms with E-state index in [2.05, 4.69) is 5.48 Å². The number of hydroxylamine groups is 3. The molecule has 92 valence electrons. The summed E-state index contributed by atoms with van der Waals surface area (Å²) in [5, 5.41) is 19.6. The summed E-state index contributed by atoms with van der Waals surface area (Å²) >= 11 is 0. The Balaban J connectivity index is 2.44. The Morgan fingerprint density at radius 3 is 2.41 bits per heavy atom. The highest BCUT2D eigenvalue weighted by Crippen LogP contribution is 2.33. The van der Waals surface area contributed by atoms with Gasteiger partial charge in [-0.2, -0.15) is 10.5 Å². The molecule has 0 radical (unpaired) electrons. The number of nitrogens with zero attached hydrogens (tertiary/aromatic N) is 2. The largest absolute Gasteiger partial charge is 0.350 e. The highest BCUT2D eigenvalue weighted by molar-refractivity contribution is 5.95. The molecule has 1 unspecified atom stereocenters. The van der Waals surface area contributed by atoms with E-state index in [1.54, 1.807) is 38.1 Å². The summed E-state index contributed by atoms with van der Waals surface area (Å²) in [5.41, 5.74) is 1.74. The molecule has 6 nitrogen and oxygen atoms in total. The van der Waals surface area contributed by atoms with Crippen molar-refractivity contribution in [1.29, 1.82) is 0 Å². The fourth-order valence-electron chi connectivity index (χ4n) is 1.95. The molecule has 0 bridgehead atoms. The SMILES string of the molecule is CC1(C)C(NO)N(c2ccccc2)C(=O)N1O. The van der Waals surface area contributed by atoms with E-state index < -0.39 is 17.7 Å². The van der Waals surface area contributed by atoms with Gasteiger partial charge in [-0.25, -0.2) is 4.79 Å². The number of urea groups is 1. The van der Waals surface area contributed by atoms with Crippen molar-refractivity contribution in [2.24, 2.45) is 0 Å². The molecule has 3 N–H and O–H groups in total. The van der Waals surface area contributed by atoms with Gasteiger partial charge in [-0.05, 0) is 26.0 Å². The van der Waals surface area contributed by atoms with E-state index in [0.29, 0.717) is 10.8 Å². The number of carbonyl (C=O) groups excluding carboxylic acids is 1. The first-order chi connectivity index (χ1) is 8.00. The van der Waals surface area contributed by atoms with Crippen LogP contribution in [-0.2, 0) is 0 Å². The first-order valence-electron chi connectivity index (χ1n) is 5.27. The predicted molar refractivity (Wildman–Crippen MR) is 60.7 cm³/mol. The van der Waals surface area contributed by atoms with Gasteiger partial charge in [-0.3, -0.25) is 10.1 Å². The third kappa shape index (κ3) is 1.66. The molecule has 0 aliphatic carbocycles. The second-order valence-corrected chi connectivity index (χ2v) is 4.49. The Hall–Kier alpha value is -1.63. The highest BCUT2D eigenvalue weighted by Gasteiger charge is 2.52. The van der Waals surface area contributed by atoms with Gasteiger partial charge in [0.2, 0.25) is 0 Å². The molecule has 1 heterocycles. The van der Waals surface area contributed by atoms with Crippen LogP contribution in [0.2, 0.25) is 0 Å². The molecular formula is C11H15N3O3. The van der Waals surface area contributed by atoms with Gasteiger partial charge >= 0.3 is 6.03 Å². The lowest BCUT2D eigenvalue weighted by atomic mass is 10.0. The second kappa shape index (κ2) is 3.99. The molecule has 0 aromatic heterocycles. The van der Waals surface area contributed by atoms with Crippen molar-refractivity contribution in [3.8, 4) is 0 Å². The third-order valence-electron chi connectivity index (χ3n) is 3.02. The minimum atomic E-state index is -0.929. The summed E-state index contributed by atoms with van der Waals surface area (Å²) < 4.78 is 0. The quantitative estimate of drug-likeness (QED) is 0.537. The first-order valence-corrected chi connectivity index (χ1v) is 5.27. The van der Waals surface area contributed by atoms with Crippen LogP contribution in [0.25, 0.3) is 0 Å². The summed E-state index contributed by atoms with van der Waals surface area (Å²) in [6, 6.07) is 8.28. The molecule has 1 aromatic rings. The molecule has 17 heavy (non-hydrogen) atoms. The van der Waals surface area contributed by atoms with Gasteiger partial charge in [0.05, 0.1) is 0 Å². The maximum atomic E-state index is 11.9. The van der Waals surface area contributed by atoms with E-state index in [-0.39, 0.29) is 0 Å². The minimum Gasteiger partial charge on any atom is -0.315 e. The molecule has 0 spiro atoms. The van der Waals surface area contributed by atoms with Crippen LogP contribution in [0.4, 0.5) is 10.5 Å². The van der Waals surface area contributed by atoms with Crippen LogP contribution in [0.3, 0.4) is 0 Å².